The summed E-state index contributed by atoms with van der Waals surface area (Å²) in [4.78, 5) is 14.8. The number of carbonyl (C=O) groups excluding carboxylic acids is 1. The Kier molecular flexibility index (Phi) is 3.08. The molecule has 1 fully saturated rings. The maximum Gasteiger partial charge on any atom is 0.217 e. The number of hydrogen-bond donors (Lipinski definition) is 0. The number of hydrogen-bond acceptors (Lipinski definition) is 4. The summed E-state index contributed by atoms with van der Waals surface area (Å²) < 4.78 is 11.1. The average Bonchev–Trinajstić information content (AvgIpc) is 3.00. The second-order valence-electron chi connectivity index (χ2n) is 4.17. The molecule has 1 saturated carbocycles. The van der Waals surface area contributed by atoms with Gasteiger partial charge >= 0.3 is 0 Å². The quantitative estimate of drug-likeness (QED) is 0.715. The highest BCUT2D eigenvalue weighted by Crippen LogP contribution is 2.28. The third kappa shape index (κ3) is 2.95. The molecule has 0 atom stereocenters. The predicted octanol–water partition coefficient (Wildman–Crippen LogP) is 2.22. The summed E-state index contributed by atoms with van der Waals surface area (Å²) in [5.41, 5.74) is 0.341. The largest absolute Gasteiger partial charge is 0.490 e. The molecule has 4 heteroatoms. The van der Waals surface area contributed by atoms with Crippen LogP contribution >= 0.6 is 0 Å². The van der Waals surface area contributed by atoms with Gasteiger partial charge < -0.3 is 9.47 Å². The van der Waals surface area contributed by atoms with E-state index in [2.05, 4.69) is 4.98 Å². The minimum atomic E-state index is 0.0307. The molecule has 1 aromatic rings. The van der Waals surface area contributed by atoms with Crippen molar-refractivity contribution in [3.05, 3.63) is 17.8 Å². The highest BCUT2D eigenvalue weighted by atomic mass is 16.5. The van der Waals surface area contributed by atoms with Gasteiger partial charge in [0.15, 0.2) is 6.29 Å². The lowest BCUT2D eigenvalue weighted by molar-refractivity contribution is 0.111. The Balaban J connectivity index is 2.18. The van der Waals surface area contributed by atoms with Crippen molar-refractivity contribution < 1.29 is 14.3 Å². The van der Waals surface area contributed by atoms with Gasteiger partial charge in [0.25, 0.3) is 0 Å². The van der Waals surface area contributed by atoms with Gasteiger partial charge in [0, 0.05) is 12.1 Å². The van der Waals surface area contributed by atoms with Gasteiger partial charge in [-0.05, 0) is 26.7 Å². The number of nitrogens with zero attached hydrogens (tertiary/aromatic N) is 1. The summed E-state index contributed by atoms with van der Waals surface area (Å²) in [6.45, 7) is 3.83. The first-order valence-corrected chi connectivity index (χ1v) is 5.48. The van der Waals surface area contributed by atoms with E-state index >= 15 is 0 Å². The van der Waals surface area contributed by atoms with Gasteiger partial charge in [0.2, 0.25) is 5.88 Å². The monoisotopic (exact) mass is 221 g/mol. The Morgan fingerprint density at radius 1 is 1.44 bits per heavy atom. The van der Waals surface area contributed by atoms with Crippen molar-refractivity contribution in [1.82, 2.24) is 4.98 Å². The molecular formula is C12H15NO3. The van der Waals surface area contributed by atoms with E-state index in [1.807, 2.05) is 13.8 Å². The Hall–Kier alpha value is -1.58. The lowest BCUT2D eigenvalue weighted by Crippen LogP contribution is -2.08. The minimum Gasteiger partial charge on any atom is -0.490 e. The topological polar surface area (TPSA) is 48.4 Å². The molecule has 0 amide bonds. The molecule has 1 heterocycles. The zero-order valence-electron chi connectivity index (χ0n) is 9.47. The summed E-state index contributed by atoms with van der Waals surface area (Å²) in [5.74, 6) is 1.10. The van der Waals surface area contributed by atoms with Crippen molar-refractivity contribution >= 4 is 6.29 Å². The number of aldehydes is 1. The van der Waals surface area contributed by atoms with Gasteiger partial charge in [-0.2, -0.15) is 0 Å². The molecular weight excluding hydrogens is 206 g/mol. The van der Waals surface area contributed by atoms with Crippen molar-refractivity contribution in [1.29, 1.82) is 0 Å². The fourth-order valence-corrected chi connectivity index (χ4v) is 1.31. The number of carbonyl (C=O) groups is 1. The zero-order valence-corrected chi connectivity index (χ0v) is 9.47. The van der Waals surface area contributed by atoms with Crippen LogP contribution in [0, 0.1) is 0 Å². The third-order valence-corrected chi connectivity index (χ3v) is 2.10. The Labute approximate surface area is 94.6 Å². The smallest absolute Gasteiger partial charge is 0.217 e. The molecule has 16 heavy (non-hydrogen) atoms. The Morgan fingerprint density at radius 3 is 2.75 bits per heavy atom. The van der Waals surface area contributed by atoms with E-state index in [4.69, 9.17) is 9.47 Å². The van der Waals surface area contributed by atoms with Crippen molar-refractivity contribution in [3.63, 3.8) is 0 Å². The first-order valence-electron chi connectivity index (χ1n) is 5.48. The molecule has 0 aromatic carbocycles. The fourth-order valence-electron chi connectivity index (χ4n) is 1.31. The van der Waals surface area contributed by atoms with Gasteiger partial charge in [-0.3, -0.25) is 4.79 Å². The van der Waals surface area contributed by atoms with Crippen LogP contribution in [0.2, 0.25) is 0 Å². The zero-order chi connectivity index (χ0) is 11.5. The number of rotatable bonds is 5. The summed E-state index contributed by atoms with van der Waals surface area (Å²) in [6, 6.07) is 3.36. The van der Waals surface area contributed by atoms with Gasteiger partial charge in [-0.15, -0.1) is 0 Å². The standard InChI is InChI=1S/C12H15NO3/c1-8(2)15-12-6-11(16-10-3-4-10)5-9(7-14)13-12/h5-8,10H,3-4H2,1-2H3. The maximum atomic E-state index is 10.7. The number of aromatic nitrogens is 1. The summed E-state index contributed by atoms with van der Waals surface area (Å²) in [5, 5.41) is 0. The molecule has 0 bridgehead atoms. The second-order valence-corrected chi connectivity index (χ2v) is 4.17. The molecule has 86 valence electrons. The Bertz CT molecular complexity index is 364. The van der Waals surface area contributed by atoms with E-state index in [-0.39, 0.29) is 6.10 Å². The molecule has 2 rings (SSSR count). The van der Waals surface area contributed by atoms with Crippen LogP contribution in [0.5, 0.6) is 11.6 Å². The molecule has 4 nitrogen and oxygen atoms in total. The normalized spacial score (nSPS) is 14.9. The second kappa shape index (κ2) is 4.51. The minimum absolute atomic E-state index is 0.0307. The molecule has 0 spiro atoms. The van der Waals surface area contributed by atoms with E-state index in [9.17, 15) is 4.79 Å². The molecule has 0 unspecified atom stereocenters. The van der Waals surface area contributed by atoms with Gasteiger partial charge in [-0.25, -0.2) is 4.98 Å². The number of ether oxygens (including phenoxy) is 2. The lowest BCUT2D eigenvalue weighted by atomic mass is 10.3. The summed E-state index contributed by atoms with van der Waals surface area (Å²) >= 11 is 0. The SMILES string of the molecule is CC(C)Oc1cc(OC2CC2)cc(C=O)n1. The van der Waals surface area contributed by atoms with Crippen LogP contribution in [0.15, 0.2) is 12.1 Å². The molecule has 1 aromatic heterocycles. The van der Waals surface area contributed by atoms with E-state index < -0.39 is 0 Å². The van der Waals surface area contributed by atoms with Crippen LogP contribution in [0.1, 0.15) is 37.2 Å². The first-order chi connectivity index (χ1) is 7.67. The van der Waals surface area contributed by atoms with Crippen LogP contribution in [-0.4, -0.2) is 23.5 Å². The van der Waals surface area contributed by atoms with Crippen molar-refractivity contribution in [2.24, 2.45) is 0 Å². The summed E-state index contributed by atoms with van der Waals surface area (Å²) in [6.07, 6.45) is 3.20. The molecule has 0 saturated heterocycles. The molecule has 0 aliphatic heterocycles. The van der Waals surface area contributed by atoms with Crippen LogP contribution in [-0.2, 0) is 0 Å². The van der Waals surface area contributed by atoms with E-state index in [1.54, 1.807) is 12.1 Å². The van der Waals surface area contributed by atoms with Crippen LogP contribution in [0.4, 0.5) is 0 Å². The molecule has 1 aliphatic rings. The van der Waals surface area contributed by atoms with E-state index in [1.165, 1.54) is 0 Å². The van der Waals surface area contributed by atoms with Crippen LogP contribution in [0.3, 0.4) is 0 Å². The summed E-state index contributed by atoms with van der Waals surface area (Å²) in [7, 11) is 0. The van der Waals surface area contributed by atoms with Crippen LogP contribution in [0.25, 0.3) is 0 Å². The molecule has 0 radical (unpaired) electrons. The first kappa shape index (κ1) is 10.9. The lowest BCUT2D eigenvalue weighted by Gasteiger charge is -2.11. The van der Waals surface area contributed by atoms with Crippen molar-refractivity contribution in [3.8, 4) is 11.6 Å². The molecule has 1 aliphatic carbocycles. The third-order valence-electron chi connectivity index (χ3n) is 2.10. The Morgan fingerprint density at radius 2 is 2.19 bits per heavy atom. The molecule has 0 N–H and O–H groups in total. The highest BCUT2D eigenvalue weighted by molar-refractivity contribution is 5.72. The highest BCUT2D eigenvalue weighted by Gasteiger charge is 2.24. The van der Waals surface area contributed by atoms with Crippen LogP contribution < -0.4 is 9.47 Å². The van der Waals surface area contributed by atoms with Gasteiger partial charge in [0.1, 0.15) is 11.4 Å². The number of pyridine rings is 1. The van der Waals surface area contributed by atoms with Crippen molar-refractivity contribution in [2.75, 3.05) is 0 Å². The fraction of sp³-hybridized carbons (Fsp3) is 0.500. The van der Waals surface area contributed by atoms with Gasteiger partial charge in [0.05, 0.1) is 12.2 Å². The van der Waals surface area contributed by atoms with E-state index in [0.29, 0.717) is 29.7 Å². The van der Waals surface area contributed by atoms with E-state index in [0.717, 1.165) is 12.8 Å². The van der Waals surface area contributed by atoms with Crippen molar-refractivity contribution in [2.45, 2.75) is 38.9 Å². The average molecular weight is 221 g/mol. The maximum absolute atomic E-state index is 10.7. The predicted molar refractivity (Wildman–Crippen MR) is 59.0 cm³/mol. The van der Waals surface area contributed by atoms with Gasteiger partial charge in [-0.1, -0.05) is 0 Å².